The van der Waals surface area contributed by atoms with Crippen molar-refractivity contribution in [3.63, 3.8) is 0 Å². The normalized spacial score (nSPS) is 25.0. The van der Waals surface area contributed by atoms with E-state index in [4.69, 9.17) is 0 Å². The maximum absolute atomic E-state index is 13.3. The van der Waals surface area contributed by atoms with Gasteiger partial charge in [0.1, 0.15) is 5.56 Å². The van der Waals surface area contributed by atoms with Crippen LogP contribution in [0.15, 0.2) is 18.5 Å². The molecule has 6 heteroatoms. The third kappa shape index (κ3) is 2.40. The van der Waals surface area contributed by atoms with Crippen LogP contribution in [0.4, 0.5) is 0 Å². The van der Waals surface area contributed by atoms with Crippen molar-refractivity contribution in [1.82, 2.24) is 24.4 Å². The Morgan fingerprint density at radius 3 is 2.88 bits per heavy atom. The summed E-state index contributed by atoms with van der Waals surface area (Å²) in [7, 11) is 0. The fourth-order valence-electron chi connectivity index (χ4n) is 4.52. The molecule has 0 bridgehead atoms. The number of aryl methyl sites for hydroxylation is 1. The van der Waals surface area contributed by atoms with E-state index < -0.39 is 0 Å². The molecule has 128 valence electrons. The largest absolute Gasteiger partial charge is 0.334 e. The van der Waals surface area contributed by atoms with Crippen LogP contribution in [0.2, 0.25) is 0 Å². The summed E-state index contributed by atoms with van der Waals surface area (Å²) in [5.41, 5.74) is 2.11. The van der Waals surface area contributed by atoms with Gasteiger partial charge in [0.25, 0.3) is 5.91 Å². The van der Waals surface area contributed by atoms with Crippen molar-refractivity contribution in [2.75, 3.05) is 19.6 Å². The molecule has 2 atom stereocenters. The van der Waals surface area contributed by atoms with Gasteiger partial charge in [-0.2, -0.15) is 5.10 Å². The molecule has 0 unspecified atom stereocenters. The molecule has 24 heavy (non-hydrogen) atoms. The molecular formula is C18H25N5O. The Kier molecular flexibility index (Phi) is 4.00. The van der Waals surface area contributed by atoms with Crippen LogP contribution in [0.25, 0.3) is 5.65 Å². The summed E-state index contributed by atoms with van der Waals surface area (Å²) >= 11 is 0. The highest BCUT2D eigenvalue weighted by Crippen LogP contribution is 2.31. The van der Waals surface area contributed by atoms with Gasteiger partial charge in [0.2, 0.25) is 0 Å². The van der Waals surface area contributed by atoms with E-state index in [0.29, 0.717) is 23.3 Å². The van der Waals surface area contributed by atoms with Crippen LogP contribution in [-0.4, -0.2) is 62.0 Å². The molecule has 1 amide bonds. The van der Waals surface area contributed by atoms with E-state index in [0.717, 1.165) is 38.2 Å². The number of hydrogen-bond donors (Lipinski definition) is 0. The number of fused-ring (bicyclic) bond motifs is 1. The van der Waals surface area contributed by atoms with Crippen LogP contribution in [0.1, 0.15) is 48.7 Å². The molecule has 0 aliphatic carbocycles. The third-order valence-electron chi connectivity index (χ3n) is 5.61. The first-order valence-electron chi connectivity index (χ1n) is 9.05. The van der Waals surface area contributed by atoms with E-state index in [9.17, 15) is 4.79 Å². The predicted octanol–water partition coefficient (Wildman–Crippen LogP) is 2.13. The zero-order valence-electron chi connectivity index (χ0n) is 14.5. The van der Waals surface area contributed by atoms with Crippen molar-refractivity contribution in [2.45, 2.75) is 51.6 Å². The summed E-state index contributed by atoms with van der Waals surface area (Å²) in [6, 6.07) is 2.68. The summed E-state index contributed by atoms with van der Waals surface area (Å²) in [6.45, 7) is 7.21. The maximum Gasteiger partial charge on any atom is 0.259 e. The number of rotatable bonds is 3. The first-order chi connectivity index (χ1) is 11.7. The summed E-state index contributed by atoms with van der Waals surface area (Å²) in [5.74, 6) is 0.103. The predicted molar refractivity (Wildman–Crippen MR) is 92.1 cm³/mol. The van der Waals surface area contributed by atoms with E-state index >= 15 is 0 Å². The van der Waals surface area contributed by atoms with Crippen molar-refractivity contribution >= 4 is 11.6 Å². The fourth-order valence-corrected chi connectivity index (χ4v) is 4.52. The molecule has 2 aromatic heterocycles. The maximum atomic E-state index is 13.3. The van der Waals surface area contributed by atoms with Gasteiger partial charge in [-0.05, 0) is 51.8 Å². The molecule has 4 heterocycles. The SMILES string of the molecule is CCN1CCC[C@@H]1[C@H]1CCCN1C(=O)c1c(C)nn2cccnc12. The van der Waals surface area contributed by atoms with Gasteiger partial charge in [-0.3, -0.25) is 9.69 Å². The fraction of sp³-hybridized carbons (Fsp3) is 0.611. The third-order valence-corrected chi connectivity index (χ3v) is 5.61. The standard InChI is InChI=1S/C18H25N5O/c1-3-21-10-4-7-14(21)15-8-5-11-22(15)18(24)16-13(2)20-23-12-6-9-19-17(16)23/h6,9,12,14-15H,3-5,7-8,10-11H2,1-2H3/t14-,15-/m1/s1. The molecule has 2 aliphatic rings. The molecule has 4 rings (SSSR count). The van der Waals surface area contributed by atoms with Gasteiger partial charge in [0.05, 0.1) is 5.69 Å². The van der Waals surface area contributed by atoms with Gasteiger partial charge in [-0.25, -0.2) is 9.50 Å². The van der Waals surface area contributed by atoms with Crippen molar-refractivity contribution in [2.24, 2.45) is 0 Å². The number of hydrogen-bond acceptors (Lipinski definition) is 4. The van der Waals surface area contributed by atoms with Crippen LogP contribution in [0, 0.1) is 6.92 Å². The lowest BCUT2D eigenvalue weighted by Crippen LogP contribution is -2.48. The quantitative estimate of drug-likeness (QED) is 0.866. The summed E-state index contributed by atoms with van der Waals surface area (Å²) in [4.78, 5) is 22.3. The smallest absolute Gasteiger partial charge is 0.259 e. The van der Waals surface area contributed by atoms with Crippen molar-refractivity contribution in [3.8, 4) is 0 Å². The number of amides is 1. The van der Waals surface area contributed by atoms with Crippen LogP contribution in [-0.2, 0) is 0 Å². The zero-order chi connectivity index (χ0) is 16.7. The average molecular weight is 327 g/mol. The second-order valence-electron chi connectivity index (χ2n) is 6.89. The van der Waals surface area contributed by atoms with Crippen LogP contribution < -0.4 is 0 Å². The molecule has 2 aromatic rings. The van der Waals surface area contributed by atoms with E-state index in [1.54, 1.807) is 10.7 Å². The molecule has 2 saturated heterocycles. The van der Waals surface area contributed by atoms with Crippen molar-refractivity contribution in [3.05, 3.63) is 29.7 Å². The van der Waals surface area contributed by atoms with Crippen molar-refractivity contribution < 1.29 is 4.79 Å². The lowest BCUT2D eigenvalue weighted by molar-refractivity contribution is 0.0651. The van der Waals surface area contributed by atoms with Gasteiger partial charge in [-0.15, -0.1) is 0 Å². The summed E-state index contributed by atoms with van der Waals surface area (Å²) in [5, 5.41) is 4.46. The minimum Gasteiger partial charge on any atom is -0.334 e. The van der Waals surface area contributed by atoms with Crippen LogP contribution >= 0.6 is 0 Å². The Morgan fingerprint density at radius 2 is 2.04 bits per heavy atom. The molecule has 2 aliphatic heterocycles. The lowest BCUT2D eigenvalue weighted by atomic mass is 10.0. The summed E-state index contributed by atoms with van der Waals surface area (Å²) in [6.07, 6.45) is 8.23. The van der Waals surface area contributed by atoms with E-state index in [2.05, 4.69) is 26.8 Å². The highest BCUT2D eigenvalue weighted by molar-refractivity contribution is 6.01. The molecule has 0 saturated carbocycles. The Morgan fingerprint density at radius 1 is 1.25 bits per heavy atom. The van der Waals surface area contributed by atoms with E-state index in [1.807, 2.05) is 19.2 Å². The minimum atomic E-state index is 0.103. The molecule has 0 aromatic carbocycles. The monoisotopic (exact) mass is 327 g/mol. The average Bonchev–Trinajstić information content (AvgIpc) is 3.30. The Hall–Kier alpha value is -1.95. The van der Waals surface area contributed by atoms with Gasteiger partial charge in [0, 0.05) is 31.0 Å². The second-order valence-corrected chi connectivity index (χ2v) is 6.89. The number of carbonyl (C=O) groups excluding carboxylic acids is 1. The molecule has 0 spiro atoms. The highest BCUT2D eigenvalue weighted by Gasteiger charge is 2.40. The number of aromatic nitrogens is 3. The molecule has 6 nitrogen and oxygen atoms in total. The first-order valence-corrected chi connectivity index (χ1v) is 9.05. The van der Waals surface area contributed by atoms with Crippen LogP contribution in [0.5, 0.6) is 0 Å². The van der Waals surface area contributed by atoms with Gasteiger partial charge < -0.3 is 4.90 Å². The molecule has 0 N–H and O–H groups in total. The summed E-state index contributed by atoms with van der Waals surface area (Å²) < 4.78 is 1.71. The van der Waals surface area contributed by atoms with Gasteiger partial charge in [0.15, 0.2) is 5.65 Å². The van der Waals surface area contributed by atoms with Gasteiger partial charge in [-0.1, -0.05) is 6.92 Å². The number of likely N-dealkylation sites (tertiary alicyclic amines) is 2. The topological polar surface area (TPSA) is 53.7 Å². The van der Waals surface area contributed by atoms with Crippen molar-refractivity contribution in [1.29, 1.82) is 0 Å². The van der Waals surface area contributed by atoms with Gasteiger partial charge >= 0.3 is 0 Å². The van der Waals surface area contributed by atoms with E-state index in [1.165, 1.54) is 12.8 Å². The molecular weight excluding hydrogens is 302 g/mol. The second kappa shape index (κ2) is 6.16. The Bertz CT molecular complexity index is 755. The highest BCUT2D eigenvalue weighted by atomic mass is 16.2. The lowest BCUT2D eigenvalue weighted by Gasteiger charge is -2.34. The molecule has 0 radical (unpaired) electrons. The minimum absolute atomic E-state index is 0.103. The number of nitrogens with zero attached hydrogens (tertiary/aromatic N) is 5. The Labute approximate surface area is 142 Å². The Balaban J connectivity index is 1.66. The number of likely N-dealkylation sites (N-methyl/N-ethyl adjacent to an activating group) is 1. The van der Waals surface area contributed by atoms with Crippen LogP contribution in [0.3, 0.4) is 0 Å². The zero-order valence-corrected chi connectivity index (χ0v) is 14.5. The van der Waals surface area contributed by atoms with E-state index in [-0.39, 0.29) is 5.91 Å². The molecule has 2 fully saturated rings. The number of carbonyl (C=O) groups is 1. The first kappa shape index (κ1) is 15.6.